The highest BCUT2D eigenvalue weighted by Gasteiger charge is 2.43. The van der Waals surface area contributed by atoms with E-state index in [9.17, 15) is 9.90 Å². The fourth-order valence-corrected chi connectivity index (χ4v) is 3.76. The number of carbonyl (C=O) groups excluding carboxylic acids is 1. The Bertz CT molecular complexity index is 590. The predicted molar refractivity (Wildman–Crippen MR) is 75.2 cm³/mol. The van der Waals surface area contributed by atoms with Crippen molar-refractivity contribution in [3.05, 3.63) is 17.7 Å². The van der Waals surface area contributed by atoms with Gasteiger partial charge in [-0.05, 0) is 31.7 Å². The third kappa shape index (κ3) is 1.93. The summed E-state index contributed by atoms with van der Waals surface area (Å²) in [6.07, 6.45) is 2.94. The Kier molecular flexibility index (Phi) is 2.75. The number of anilines is 1. The van der Waals surface area contributed by atoms with Crippen LogP contribution in [0.5, 0.6) is 11.5 Å². The molecule has 0 saturated carbocycles. The number of fused-ring (bicyclic) bond motifs is 3. The Morgan fingerprint density at radius 1 is 1.19 bits per heavy atom. The lowest BCUT2D eigenvalue weighted by molar-refractivity contribution is 0.0287. The normalized spacial score (nSPS) is 29.8. The van der Waals surface area contributed by atoms with Crippen molar-refractivity contribution in [1.29, 1.82) is 0 Å². The number of carbonyl (C=O) groups is 1. The molecule has 6 nitrogen and oxygen atoms in total. The van der Waals surface area contributed by atoms with Crippen LogP contribution >= 0.6 is 0 Å². The van der Waals surface area contributed by atoms with Gasteiger partial charge in [0.2, 0.25) is 6.79 Å². The Labute approximate surface area is 122 Å². The molecule has 0 aliphatic carbocycles. The second kappa shape index (κ2) is 4.53. The summed E-state index contributed by atoms with van der Waals surface area (Å²) in [7, 11) is 0. The molecule has 6 heteroatoms. The SMILES string of the molecule is Nc1cc2c(cc1C(=O)N1C3CCC1CC(O)C3)OCO2. The standard InChI is InChI=1S/C15H18N2O4/c16-12-6-14-13(20-7-21-14)5-11(12)15(19)17-8-1-2-9(17)4-10(18)3-8/h5-6,8-10,18H,1-4,7,16H2. The number of nitrogen functional groups attached to an aromatic ring is 1. The molecule has 1 aromatic rings. The van der Waals surface area contributed by atoms with Gasteiger partial charge in [-0.1, -0.05) is 0 Å². The van der Waals surface area contributed by atoms with Gasteiger partial charge < -0.3 is 25.2 Å². The molecular weight excluding hydrogens is 272 g/mol. The number of nitrogens with zero attached hydrogens (tertiary/aromatic N) is 1. The summed E-state index contributed by atoms with van der Waals surface area (Å²) in [5.41, 5.74) is 6.88. The van der Waals surface area contributed by atoms with Crippen LogP contribution in [-0.4, -0.2) is 40.9 Å². The highest BCUT2D eigenvalue weighted by Crippen LogP contribution is 2.40. The van der Waals surface area contributed by atoms with Crippen LogP contribution in [0, 0.1) is 0 Å². The minimum Gasteiger partial charge on any atom is -0.454 e. The second-order valence-corrected chi connectivity index (χ2v) is 6.02. The summed E-state index contributed by atoms with van der Waals surface area (Å²) >= 11 is 0. The first-order chi connectivity index (χ1) is 10.1. The number of rotatable bonds is 1. The van der Waals surface area contributed by atoms with Crippen molar-refractivity contribution in [1.82, 2.24) is 4.90 Å². The fraction of sp³-hybridized carbons (Fsp3) is 0.533. The molecule has 4 rings (SSSR count). The maximum atomic E-state index is 12.9. The van der Waals surface area contributed by atoms with Gasteiger partial charge in [0.15, 0.2) is 11.5 Å². The smallest absolute Gasteiger partial charge is 0.256 e. The molecule has 1 amide bonds. The lowest BCUT2D eigenvalue weighted by Gasteiger charge is -2.37. The molecule has 0 radical (unpaired) electrons. The molecule has 21 heavy (non-hydrogen) atoms. The number of ether oxygens (including phenoxy) is 2. The number of amides is 1. The number of nitrogens with two attached hydrogens (primary N) is 1. The first-order valence-electron chi connectivity index (χ1n) is 7.33. The fourth-order valence-electron chi connectivity index (χ4n) is 3.76. The molecule has 3 heterocycles. The zero-order chi connectivity index (χ0) is 14.6. The lowest BCUT2D eigenvalue weighted by atomic mass is 9.98. The number of piperidine rings is 1. The first-order valence-corrected chi connectivity index (χ1v) is 7.33. The van der Waals surface area contributed by atoms with Crippen LogP contribution < -0.4 is 15.2 Å². The van der Waals surface area contributed by atoms with E-state index >= 15 is 0 Å². The summed E-state index contributed by atoms with van der Waals surface area (Å²) in [5, 5.41) is 9.84. The van der Waals surface area contributed by atoms with Crippen molar-refractivity contribution in [3.8, 4) is 11.5 Å². The van der Waals surface area contributed by atoms with E-state index in [-0.39, 0.29) is 30.9 Å². The van der Waals surface area contributed by atoms with Gasteiger partial charge in [0.25, 0.3) is 5.91 Å². The molecule has 0 spiro atoms. The van der Waals surface area contributed by atoms with E-state index in [0.717, 1.165) is 12.8 Å². The maximum absolute atomic E-state index is 12.9. The molecule has 2 fully saturated rings. The van der Waals surface area contributed by atoms with E-state index in [4.69, 9.17) is 15.2 Å². The van der Waals surface area contributed by atoms with Gasteiger partial charge in [-0.15, -0.1) is 0 Å². The summed E-state index contributed by atoms with van der Waals surface area (Å²) < 4.78 is 10.6. The van der Waals surface area contributed by atoms with E-state index in [0.29, 0.717) is 35.6 Å². The quantitative estimate of drug-likeness (QED) is 0.757. The summed E-state index contributed by atoms with van der Waals surface area (Å²) in [6.45, 7) is 0.160. The van der Waals surface area contributed by atoms with Crippen molar-refractivity contribution < 1.29 is 19.4 Å². The summed E-state index contributed by atoms with van der Waals surface area (Å²) in [4.78, 5) is 14.8. The average molecular weight is 290 g/mol. The average Bonchev–Trinajstić information content (AvgIpc) is 2.99. The molecule has 2 atom stereocenters. The van der Waals surface area contributed by atoms with Gasteiger partial charge in [-0.3, -0.25) is 4.79 Å². The van der Waals surface area contributed by atoms with E-state index in [1.54, 1.807) is 12.1 Å². The summed E-state index contributed by atoms with van der Waals surface area (Å²) in [5.74, 6) is 1.09. The first kappa shape index (κ1) is 12.8. The van der Waals surface area contributed by atoms with E-state index in [2.05, 4.69) is 0 Å². The van der Waals surface area contributed by atoms with Crippen molar-refractivity contribution in [3.63, 3.8) is 0 Å². The van der Waals surface area contributed by atoms with Crippen molar-refractivity contribution in [2.75, 3.05) is 12.5 Å². The van der Waals surface area contributed by atoms with Gasteiger partial charge in [0.1, 0.15) is 0 Å². The van der Waals surface area contributed by atoms with Crippen LogP contribution in [-0.2, 0) is 0 Å². The Hall–Kier alpha value is -1.95. The van der Waals surface area contributed by atoms with Crippen LogP contribution in [0.2, 0.25) is 0 Å². The Balaban J connectivity index is 1.67. The molecule has 3 N–H and O–H groups in total. The van der Waals surface area contributed by atoms with Crippen molar-refractivity contribution in [2.45, 2.75) is 43.9 Å². The van der Waals surface area contributed by atoms with Crippen LogP contribution in [0.15, 0.2) is 12.1 Å². The minimum atomic E-state index is -0.291. The zero-order valence-corrected chi connectivity index (χ0v) is 11.6. The number of aliphatic hydroxyl groups is 1. The highest BCUT2D eigenvalue weighted by molar-refractivity contribution is 6.00. The largest absolute Gasteiger partial charge is 0.454 e. The van der Waals surface area contributed by atoms with Crippen LogP contribution in [0.3, 0.4) is 0 Å². The van der Waals surface area contributed by atoms with Crippen molar-refractivity contribution >= 4 is 11.6 Å². The second-order valence-electron chi connectivity index (χ2n) is 6.02. The molecule has 2 unspecified atom stereocenters. The topological polar surface area (TPSA) is 85.0 Å². The molecule has 3 aliphatic rings. The van der Waals surface area contributed by atoms with Gasteiger partial charge in [0, 0.05) is 23.8 Å². The monoisotopic (exact) mass is 290 g/mol. The number of hydrogen-bond acceptors (Lipinski definition) is 5. The third-order valence-electron chi connectivity index (χ3n) is 4.72. The third-order valence-corrected chi connectivity index (χ3v) is 4.72. The molecule has 2 bridgehead atoms. The molecule has 1 aromatic carbocycles. The van der Waals surface area contributed by atoms with E-state index in [1.165, 1.54) is 0 Å². The van der Waals surface area contributed by atoms with Gasteiger partial charge in [-0.2, -0.15) is 0 Å². The van der Waals surface area contributed by atoms with Crippen LogP contribution in [0.1, 0.15) is 36.0 Å². The number of hydrogen-bond donors (Lipinski definition) is 2. The number of benzene rings is 1. The highest BCUT2D eigenvalue weighted by atomic mass is 16.7. The lowest BCUT2D eigenvalue weighted by Crippen LogP contribution is -2.48. The maximum Gasteiger partial charge on any atom is 0.256 e. The van der Waals surface area contributed by atoms with Crippen LogP contribution in [0.4, 0.5) is 5.69 Å². The minimum absolute atomic E-state index is 0.0646. The van der Waals surface area contributed by atoms with Gasteiger partial charge >= 0.3 is 0 Å². The Morgan fingerprint density at radius 3 is 2.48 bits per heavy atom. The molecule has 2 saturated heterocycles. The van der Waals surface area contributed by atoms with Crippen molar-refractivity contribution in [2.24, 2.45) is 0 Å². The number of aliphatic hydroxyl groups excluding tert-OH is 1. The van der Waals surface area contributed by atoms with E-state index < -0.39 is 0 Å². The van der Waals surface area contributed by atoms with Gasteiger partial charge in [-0.25, -0.2) is 0 Å². The van der Waals surface area contributed by atoms with E-state index in [1.807, 2.05) is 4.90 Å². The molecule has 3 aliphatic heterocycles. The predicted octanol–water partition coefficient (Wildman–Crippen LogP) is 1.13. The molecular formula is C15H18N2O4. The molecule has 112 valence electrons. The van der Waals surface area contributed by atoms with Gasteiger partial charge in [0.05, 0.1) is 11.7 Å². The zero-order valence-electron chi connectivity index (χ0n) is 11.6. The van der Waals surface area contributed by atoms with Crippen LogP contribution in [0.25, 0.3) is 0 Å². The molecule has 0 aromatic heterocycles. The summed E-state index contributed by atoms with van der Waals surface area (Å²) in [6, 6.07) is 3.56. The Morgan fingerprint density at radius 2 is 1.81 bits per heavy atom.